The molecule has 2 aromatic carbocycles. The van der Waals surface area contributed by atoms with E-state index in [0.717, 1.165) is 41.2 Å². The molecule has 0 aromatic heterocycles. The molecule has 0 saturated carbocycles. The Morgan fingerprint density at radius 1 is 1.17 bits per heavy atom. The summed E-state index contributed by atoms with van der Waals surface area (Å²) in [6.07, 6.45) is 4.70. The topological polar surface area (TPSA) is 47.9 Å². The lowest BCUT2D eigenvalue weighted by Crippen LogP contribution is -2.14. The highest BCUT2D eigenvalue weighted by Crippen LogP contribution is 2.26. The van der Waals surface area contributed by atoms with Crippen molar-refractivity contribution < 1.29 is 14.4 Å². The molecule has 3 rings (SSSR count). The van der Waals surface area contributed by atoms with Crippen molar-refractivity contribution in [1.29, 1.82) is 0 Å². The number of carbonyl (C=O) groups is 1. The van der Waals surface area contributed by atoms with Crippen molar-refractivity contribution in [2.24, 2.45) is 5.16 Å². The van der Waals surface area contributed by atoms with Crippen LogP contribution < -0.4 is 4.74 Å². The van der Waals surface area contributed by atoms with Crippen LogP contribution in [0.4, 0.5) is 0 Å². The van der Waals surface area contributed by atoms with E-state index < -0.39 is 5.97 Å². The van der Waals surface area contributed by atoms with Gasteiger partial charge >= 0.3 is 5.97 Å². The lowest BCUT2D eigenvalue weighted by molar-refractivity contribution is 0.0511. The first-order chi connectivity index (χ1) is 11.7. The van der Waals surface area contributed by atoms with Gasteiger partial charge < -0.3 is 9.57 Å². The second-order valence-corrected chi connectivity index (χ2v) is 6.34. The van der Waals surface area contributed by atoms with Crippen LogP contribution in [0.3, 0.4) is 0 Å². The van der Waals surface area contributed by atoms with E-state index in [0.29, 0.717) is 5.56 Å². The minimum Gasteiger partial charge on any atom is -0.497 e. The molecule has 0 radical (unpaired) electrons. The fraction of sp³-hybridized carbons (Fsp3) is 0.263. The highest BCUT2D eigenvalue weighted by molar-refractivity contribution is 7.98. The maximum absolute atomic E-state index is 12.3. The van der Waals surface area contributed by atoms with Gasteiger partial charge in [0.2, 0.25) is 0 Å². The molecule has 0 atom stereocenters. The third-order valence-corrected chi connectivity index (χ3v) is 4.84. The Labute approximate surface area is 145 Å². The summed E-state index contributed by atoms with van der Waals surface area (Å²) in [5, 5.41) is 4.15. The third kappa shape index (κ3) is 3.46. The average Bonchev–Trinajstić information content (AvgIpc) is 2.65. The molecule has 2 aromatic rings. The largest absolute Gasteiger partial charge is 0.497 e. The molecule has 124 valence electrons. The average molecular weight is 341 g/mol. The van der Waals surface area contributed by atoms with Gasteiger partial charge in [0.25, 0.3) is 0 Å². The number of thioether (sulfide) groups is 1. The number of benzene rings is 2. The zero-order valence-corrected chi connectivity index (χ0v) is 14.6. The van der Waals surface area contributed by atoms with Crippen LogP contribution in [0.5, 0.6) is 5.75 Å². The van der Waals surface area contributed by atoms with E-state index in [-0.39, 0.29) is 0 Å². The van der Waals surface area contributed by atoms with Gasteiger partial charge in [-0.25, -0.2) is 4.79 Å². The molecule has 0 fully saturated rings. The summed E-state index contributed by atoms with van der Waals surface area (Å²) in [5.74, 6) is 0.411. The van der Waals surface area contributed by atoms with Gasteiger partial charge in [-0.3, -0.25) is 0 Å². The Morgan fingerprint density at radius 3 is 2.79 bits per heavy atom. The van der Waals surface area contributed by atoms with Crippen LogP contribution in [-0.4, -0.2) is 25.0 Å². The molecule has 0 bridgehead atoms. The maximum Gasteiger partial charge on any atom is 0.366 e. The molecule has 4 nitrogen and oxygen atoms in total. The quantitative estimate of drug-likeness (QED) is 0.472. The number of nitrogens with zero attached hydrogens (tertiary/aromatic N) is 1. The summed E-state index contributed by atoms with van der Waals surface area (Å²) in [4.78, 5) is 18.4. The summed E-state index contributed by atoms with van der Waals surface area (Å²) in [6, 6.07) is 13.3. The van der Waals surface area contributed by atoms with Crippen molar-refractivity contribution >= 4 is 23.4 Å². The minimum absolute atomic E-state index is 0.423. The first-order valence-corrected chi connectivity index (χ1v) is 9.04. The van der Waals surface area contributed by atoms with E-state index in [4.69, 9.17) is 9.57 Å². The molecule has 0 unspecified atom stereocenters. The fourth-order valence-corrected chi connectivity index (χ4v) is 3.41. The van der Waals surface area contributed by atoms with Crippen LogP contribution in [0.25, 0.3) is 0 Å². The van der Waals surface area contributed by atoms with E-state index in [1.54, 1.807) is 13.2 Å². The van der Waals surface area contributed by atoms with E-state index in [1.165, 1.54) is 17.3 Å². The lowest BCUT2D eigenvalue weighted by Gasteiger charge is -2.18. The molecule has 24 heavy (non-hydrogen) atoms. The number of oxime groups is 1. The Morgan fingerprint density at radius 2 is 2.00 bits per heavy atom. The van der Waals surface area contributed by atoms with Crippen molar-refractivity contribution in [2.45, 2.75) is 24.2 Å². The van der Waals surface area contributed by atoms with Crippen LogP contribution in [0, 0.1) is 0 Å². The van der Waals surface area contributed by atoms with Crippen LogP contribution in [0.2, 0.25) is 0 Å². The number of hydrogen-bond donors (Lipinski definition) is 0. The zero-order chi connectivity index (χ0) is 16.9. The monoisotopic (exact) mass is 341 g/mol. The highest BCUT2D eigenvalue weighted by Gasteiger charge is 2.18. The maximum atomic E-state index is 12.3. The SMILES string of the molecule is COc1ccc2c(c1)CCC/C2=N\OC(=O)c1ccccc1SC. The van der Waals surface area contributed by atoms with Gasteiger partial charge in [-0.2, -0.15) is 0 Å². The third-order valence-electron chi connectivity index (χ3n) is 4.05. The second-order valence-electron chi connectivity index (χ2n) is 5.49. The van der Waals surface area contributed by atoms with E-state index in [1.807, 2.05) is 42.7 Å². The molecular weight excluding hydrogens is 322 g/mol. The smallest absolute Gasteiger partial charge is 0.366 e. The van der Waals surface area contributed by atoms with Crippen molar-refractivity contribution in [1.82, 2.24) is 0 Å². The predicted octanol–water partition coefficient (Wildman–Crippen LogP) is 4.31. The highest BCUT2D eigenvalue weighted by atomic mass is 32.2. The Hall–Kier alpha value is -2.27. The summed E-state index contributed by atoms with van der Waals surface area (Å²) < 4.78 is 5.27. The van der Waals surface area contributed by atoms with Crippen molar-refractivity contribution in [2.75, 3.05) is 13.4 Å². The van der Waals surface area contributed by atoms with Crippen LogP contribution in [-0.2, 0) is 11.3 Å². The molecule has 5 heteroatoms. The van der Waals surface area contributed by atoms with E-state index in [2.05, 4.69) is 5.16 Å². The molecule has 1 aliphatic carbocycles. The van der Waals surface area contributed by atoms with Gasteiger partial charge in [0.1, 0.15) is 5.75 Å². The number of aryl methyl sites for hydroxylation is 1. The molecule has 0 heterocycles. The molecule has 0 N–H and O–H groups in total. The molecule has 0 saturated heterocycles. The summed E-state index contributed by atoms with van der Waals surface area (Å²) >= 11 is 1.51. The standard InChI is InChI=1S/C19H19NO3S/c1-22-14-10-11-15-13(12-14)6-5-8-17(15)20-23-19(21)16-7-3-4-9-18(16)24-2/h3-4,7,9-12H,5-6,8H2,1-2H3/b20-17+. The summed E-state index contributed by atoms with van der Waals surface area (Å²) in [7, 11) is 1.66. The molecule has 0 amide bonds. The number of ether oxygens (including phenoxy) is 1. The Kier molecular flexibility index (Phi) is 5.20. The molecule has 0 aliphatic heterocycles. The number of fused-ring (bicyclic) bond motifs is 1. The minimum atomic E-state index is -0.423. The van der Waals surface area contributed by atoms with Gasteiger partial charge in [-0.1, -0.05) is 17.3 Å². The molecular formula is C19H19NO3S. The lowest BCUT2D eigenvalue weighted by atomic mass is 9.90. The fourth-order valence-electron chi connectivity index (χ4n) is 2.82. The summed E-state index contributed by atoms with van der Waals surface area (Å²) in [6.45, 7) is 0. The summed E-state index contributed by atoms with van der Waals surface area (Å²) in [5.41, 5.74) is 3.57. The van der Waals surface area contributed by atoms with Crippen molar-refractivity contribution in [3.8, 4) is 5.75 Å². The van der Waals surface area contributed by atoms with Crippen LogP contribution >= 0.6 is 11.8 Å². The Bertz CT molecular complexity index is 786. The van der Waals surface area contributed by atoms with Gasteiger partial charge in [0.05, 0.1) is 18.4 Å². The number of methoxy groups -OCH3 is 1. The number of carbonyl (C=O) groups excluding carboxylic acids is 1. The Balaban J connectivity index is 1.82. The second kappa shape index (κ2) is 7.53. The van der Waals surface area contributed by atoms with Crippen LogP contribution in [0.1, 0.15) is 34.3 Å². The number of rotatable bonds is 4. The number of hydrogen-bond acceptors (Lipinski definition) is 5. The predicted molar refractivity (Wildman–Crippen MR) is 96.1 cm³/mol. The molecule has 1 aliphatic rings. The van der Waals surface area contributed by atoms with Crippen molar-refractivity contribution in [3.63, 3.8) is 0 Å². The van der Waals surface area contributed by atoms with E-state index >= 15 is 0 Å². The van der Waals surface area contributed by atoms with Crippen molar-refractivity contribution in [3.05, 3.63) is 59.2 Å². The van der Waals surface area contributed by atoms with E-state index in [9.17, 15) is 4.79 Å². The first-order valence-electron chi connectivity index (χ1n) is 7.81. The zero-order valence-electron chi connectivity index (χ0n) is 13.7. The first kappa shape index (κ1) is 16.6. The normalized spacial score (nSPS) is 15.0. The van der Waals surface area contributed by atoms with Gasteiger partial charge in [0.15, 0.2) is 0 Å². The van der Waals surface area contributed by atoms with Gasteiger partial charge in [-0.15, -0.1) is 11.8 Å². The van der Waals surface area contributed by atoms with Gasteiger partial charge in [-0.05, 0) is 61.4 Å². The van der Waals surface area contributed by atoms with Crippen LogP contribution in [0.15, 0.2) is 52.5 Å². The van der Waals surface area contributed by atoms with Gasteiger partial charge in [0, 0.05) is 10.5 Å². The molecule has 0 spiro atoms.